The molecule has 0 amide bonds. The van der Waals surface area contributed by atoms with Crippen LogP contribution >= 0.6 is 0 Å². The summed E-state index contributed by atoms with van der Waals surface area (Å²) < 4.78 is 0. The summed E-state index contributed by atoms with van der Waals surface area (Å²) in [5.74, 6) is 0. The van der Waals surface area contributed by atoms with Crippen molar-refractivity contribution in [3.63, 3.8) is 0 Å². The molecule has 32 heavy (non-hydrogen) atoms. The fourth-order valence-electron chi connectivity index (χ4n) is 3.13. The molecule has 0 unspecified atom stereocenters. The van der Waals surface area contributed by atoms with Gasteiger partial charge in [0.15, 0.2) is 0 Å². The van der Waals surface area contributed by atoms with Crippen LogP contribution in [0.2, 0.25) is 0 Å². The molecule has 0 radical (unpaired) electrons. The Bertz CT molecular complexity index is 1370. The van der Waals surface area contributed by atoms with Crippen LogP contribution in [0.3, 0.4) is 0 Å². The van der Waals surface area contributed by atoms with E-state index in [4.69, 9.17) is 0 Å². The molecule has 6 heteroatoms. The molecule has 3 heterocycles. The first-order valence-electron chi connectivity index (χ1n) is 10.1. The Hall–Kier alpha value is -4.58. The van der Waals surface area contributed by atoms with Gasteiger partial charge in [0.25, 0.3) is 0 Å². The maximum absolute atomic E-state index is 4.62. The first-order valence-corrected chi connectivity index (χ1v) is 10.1. The third-order valence-corrected chi connectivity index (χ3v) is 4.69. The molecule has 2 aromatic carbocycles. The van der Waals surface area contributed by atoms with Gasteiger partial charge in [0.2, 0.25) is 0 Å². The molecule has 0 aliphatic carbocycles. The van der Waals surface area contributed by atoms with E-state index in [2.05, 4.69) is 29.9 Å². The van der Waals surface area contributed by atoms with Gasteiger partial charge in [-0.15, -0.1) is 0 Å². The highest BCUT2D eigenvalue weighted by molar-refractivity contribution is 5.74. The largest absolute Gasteiger partial charge is 0.252 e. The summed E-state index contributed by atoms with van der Waals surface area (Å²) in [6.45, 7) is 0. The van der Waals surface area contributed by atoms with Gasteiger partial charge in [-0.3, -0.25) is 19.9 Å². The van der Waals surface area contributed by atoms with Crippen LogP contribution in [0.1, 0.15) is 0 Å². The van der Waals surface area contributed by atoms with Crippen LogP contribution in [-0.2, 0) is 0 Å². The van der Waals surface area contributed by atoms with Crippen LogP contribution in [0.25, 0.3) is 44.1 Å². The molecule has 6 nitrogen and oxygen atoms in total. The Morgan fingerprint density at radius 2 is 0.594 bits per heavy atom. The van der Waals surface area contributed by atoms with Gasteiger partial charge in [-0.2, -0.15) is 0 Å². The Labute approximate surface area is 184 Å². The SMILES string of the molecule is c1cc2cnc3ccccc3ncc3cccc(cnc4ccccc4ncc(c1)n2)n3. The predicted molar refractivity (Wildman–Crippen MR) is 127 cm³/mol. The van der Waals surface area contributed by atoms with E-state index < -0.39 is 0 Å². The van der Waals surface area contributed by atoms with E-state index in [-0.39, 0.29) is 0 Å². The predicted octanol–water partition coefficient (Wildman–Crippen LogP) is 5.48. The van der Waals surface area contributed by atoms with Crippen molar-refractivity contribution >= 4 is 44.1 Å². The molecule has 0 saturated heterocycles. The Kier molecular flexibility index (Phi) is 5.49. The van der Waals surface area contributed by atoms with E-state index in [0.29, 0.717) is 0 Å². The molecular weight excluding hydrogens is 396 g/mol. The van der Waals surface area contributed by atoms with Gasteiger partial charge in [0.1, 0.15) is 0 Å². The zero-order chi connectivity index (χ0) is 21.6. The number of aromatic nitrogens is 6. The summed E-state index contributed by atoms with van der Waals surface area (Å²) in [7, 11) is 0. The molecule has 0 N–H and O–H groups in total. The average molecular weight is 414 g/mol. The summed E-state index contributed by atoms with van der Waals surface area (Å²) in [4.78, 5) is 27.6. The minimum atomic E-state index is 0.731. The van der Waals surface area contributed by atoms with Crippen molar-refractivity contribution < 1.29 is 0 Å². The molecule has 0 aliphatic heterocycles. The molecule has 3 aromatic heterocycles. The molecule has 0 saturated carbocycles. The van der Waals surface area contributed by atoms with Crippen LogP contribution in [0.5, 0.6) is 0 Å². The summed E-state index contributed by atoms with van der Waals surface area (Å²) in [6, 6.07) is 26.9. The highest BCUT2D eigenvalue weighted by Crippen LogP contribution is 2.08. The summed E-state index contributed by atoms with van der Waals surface area (Å²) >= 11 is 0. The summed E-state index contributed by atoms with van der Waals surface area (Å²) in [6.07, 6.45) is 6.91. The third kappa shape index (κ3) is 4.60. The molecule has 4 bridgehead atoms. The Morgan fingerprint density at radius 1 is 0.312 bits per heavy atom. The van der Waals surface area contributed by atoms with Crippen molar-refractivity contribution in [3.8, 4) is 0 Å². The van der Waals surface area contributed by atoms with Crippen molar-refractivity contribution in [3.05, 3.63) is 110 Å². The monoisotopic (exact) mass is 414 g/mol. The van der Waals surface area contributed by atoms with E-state index in [0.717, 1.165) is 44.1 Å². The highest BCUT2D eigenvalue weighted by Gasteiger charge is 1.92. The second-order valence-electron chi connectivity index (χ2n) is 6.98. The van der Waals surface area contributed by atoms with Gasteiger partial charge in [-0.25, -0.2) is 9.97 Å². The molecule has 0 spiro atoms. The maximum Gasteiger partial charge on any atom is 0.0887 e. The number of pyridine rings is 2. The van der Waals surface area contributed by atoms with Crippen LogP contribution in [-0.4, -0.2) is 29.9 Å². The van der Waals surface area contributed by atoms with E-state index in [1.54, 1.807) is 24.8 Å². The van der Waals surface area contributed by atoms with Crippen LogP contribution in [0, 0.1) is 0 Å². The van der Waals surface area contributed by atoms with Gasteiger partial charge in [0.05, 0.1) is 68.9 Å². The quantitative estimate of drug-likeness (QED) is 0.334. The van der Waals surface area contributed by atoms with Gasteiger partial charge in [-0.05, 0) is 48.5 Å². The minimum absolute atomic E-state index is 0.731. The van der Waals surface area contributed by atoms with Crippen molar-refractivity contribution in [2.75, 3.05) is 0 Å². The molecule has 152 valence electrons. The fourth-order valence-corrected chi connectivity index (χ4v) is 3.13. The first-order chi connectivity index (χ1) is 15.8. The Balaban J connectivity index is 1.87. The standard InChI is InChI=1S/C26H18N6/c1-2-12-24-23(11-1)27-15-19-7-5-9-21(31-19)17-29-25-13-3-4-14-26(25)30-18-22-10-6-8-20(32-22)16-28-24/h1-18H. The highest BCUT2D eigenvalue weighted by atomic mass is 14.8. The van der Waals surface area contributed by atoms with Crippen molar-refractivity contribution in [1.82, 2.24) is 29.9 Å². The molecular formula is C26H18N6. The van der Waals surface area contributed by atoms with Crippen molar-refractivity contribution in [2.24, 2.45) is 0 Å². The lowest BCUT2D eigenvalue weighted by atomic mass is 10.3. The Morgan fingerprint density at radius 3 is 0.875 bits per heavy atom. The molecule has 0 atom stereocenters. The number of rotatable bonds is 0. The normalized spacial score (nSPS) is 10.5. The van der Waals surface area contributed by atoms with E-state index in [1.165, 1.54) is 0 Å². The van der Waals surface area contributed by atoms with Crippen LogP contribution in [0.15, 0.2) is 110 Å². The smallest absolute Gasteiger partial charge is 0.0887 e. The van der Waals surface area contributed by atoms with Crippen LogP contribution in [0.4, 0.5) is 0 Å². The first kappa shape index (κ1) is 19.4. The lowest BCUT2D eigenvalue weighted by Crippen LogP contribution is -1.81. The number of hydrogen-bond acceptors (Lipinski definition) is 6. The van der Waals surface area contributed by atoms with Crippen molar-refractivity contribution in [2.45, 2.75) is 0 Å². The van der Waals surface area contributed by atoms with Gasteiger partial charge in [-0.1, -0.05) is 36.4 Å². The van der Waals surface area contributed by atoms with E-state index in [1.807, 2.05) is 84.9 Å². The minimum Gasteiger partial charge on any atom is -0.252 e. The summed E-state index contributed by atoms with van der Waals surface area (Å²) in [5, 5.41) is 0. The summed E-state index contributed by atoms with van der Waals surface area (Å²) in [5.41, 5.74) is 5.91. The lowest BCUT2D eigenvalue weighted by molar-refractivity contribution is 1.33. The zero-order valence-electron chi connectivity index (χ0n) is 17.1. The van der Waals surface area contributed by atoms with Gasteiger partial charge in [0, 0.05) is 0 Å². The number of nitrogens with zero attached hydrogens (tertiary/aromatic N) is 6. The number of fused-ring (bicyclic) bond motifs is 6. The molecule has 5 rings (SSSR count). The zero-order valence-corrected chi connectivity index (χ0v) is 17.1. The second-order valence-corrected chi connectivity index (χ2v) is 6.98. The van der Waals surface area contributed by atoms with E-state index in [9.17, 15) is 0 Å². The fraction of sp³-hybridized carbons (Fsp3) is 0. The number of hydrogen-bond donors (Lipinski definition) is 0. The topological polar surface area (TPSA) is 77.3 Å². The molecule has 0 aliphatic rings. The third-order valence-electron chi connectivity index (χ3n) is 4.69. The molecule has 5 aromatic rings. The average Bonchev–Trinajstić information content (AvgIpc) is 2.85. The lowest BCUT2D eigenvalue weighted by Gasteiger charge is -1.93. The number of para-hydroxylation sites is 4. The van der Waals surface area contributed by atoms with Gasteiger partial charge < -0.3 is 0 Å². The molecule has 0 fully saturated rings. The maximum atomic E-state index is 4.62. The van der Waals surface area contributed by atoms with Crippen molar-refractivity contribution in [1.29, 1.82) is 0 Å². The second kappa shape index (κ2) is 9.06. The van der Waals surface area contributed by atoms with Crippen LogP contribution < -0.4 is 0 Å². The van der Waals surface area contributed by atoms with Gasteiger partial charge >= 0.3 is 0 Å². The number of benzene rings is 2. The van der Waals surface area contributed by atoms with E-state index >= 15 is 0 Å².